The number of nitrogens with zero attached hydrogens (tertiary/aromatic N) is 2. The summed E-state index contributed by atoms with van der Waals surface area (Å²) < 4.78 is 1.65. The van der Waals surface area contributed by atoms with Gasteiger partial charge in [0.15, 0.2) is 5.82 Å². The maximum Gasteiger partial charge on any atom is 0.293 e. The van der Waals surface area contributed by atoms with E-state index in [0.29, 0.717) is 24.4 Å². The number of hydrogen-bond donors (Lipinski definition) is 4. The molecule has 0 aliphatic carbocycles. The monoisotopic (exact) mass is 357 g/mol. The number of anilines is 1. The molecule has 0 radical (unpaired) electrons. The van der Waals surface area contributed by atoms with Gasteiger partial charge >= 0.3 is 0 Å². The standard InChI is InChI=1S/C18H23N5O3/c19-17-18(25)23(13-2-1-5-20-8-13)9-15(22-17)14-6-11(3-4-16(14)24)12-7-21-26-10-12/h3-4,6,9,12-13,20-21,24H,1-2,5,7-8,10H2,(H2,19,22). The van der Waals surface area contributed by atoms with E-state index in [1.165, 1.54) is 0 Å². The van der Waals surface area contributed by atoms with Crippen LogP contribution in [0.3, 0.4) is 0 Å². The molecule has 2 saturated heterocycles. The Balaban J connectivity index is 1.76. The maximum atomic E-state index is 12.5. The zero-order valence-corrected chi connectivity index (χ0v) is 14.4. The van der Waals surface area contributed by atoms with Gasteiger partial charge in [0.25, 0.3) is 5.56 Å². The van der Waals surface area contributed by atoms with Gasteiger partial charge in [-0.3, -0.25) is 4.79 Å². The molecule has 2 atom stereocenters. The fourth-order valence-corrected chi connectivity index (χ4v) is 3.61. The minimum atomic E-state index is -0.286. The number of piperidine rings is 1. The Morgan fingerprint density at radius 3 is 2.96 bits per heavy atom. The van der Waals surface area contributed by atoms with E-state index in [-0.39, 0.29) is 29.1 Å². The third-order valence-electron chi connectivity index (χ3n) is 5.10. The molecule has 2 aliphatic heterocycles. The maximum absolute atomic E-state index is 12.5. The third-order valence-corrected chi connectivity index (χ3v) is 5.10. The normalized spacial score (nSPS) is 23.2. The summed E-state index contributed by atoms with van der Waals surface area (Å²) >= 11 is 0. The number of benzene rings is 1. The van der Waals surface area contributed by atoms with Gasteiger partial charge in [-0.25, -0.2) is 10.5 Å². The summed E-state index contributed by atoms with van der Waals surface area (Å²) in [6.45, 7) is 2.97. The first-order chi connectivity index (χ1) is 12.6. The van der Waals surface area contributed by atoms with Crippen molar-refractivity contribution in [2.75, 3.05) is 32.0 Å². The van der Waals surface area contributed by atoms with Crippen molar-refractivity contribution in [1.29, 1.82) is 0 Å². The third kappa shape index (κ3) is 3.18. The summed E-state index contributed by atoms with van der Waals surface area (Å²) in [5, 5.41) is 13.7. The predicted octanol–water partition coefficient (Wildman–Crippen LogP) is 0.741. The van der Waals surface area contributed by atoms with Crippen LogP contribution in [0.1, 0.15) is 30.4 Å². The predicted molar refractivity (Wildman–Crippen MR) is 97.8 cm³/mol. The van der Waals surface area contributed by atoms with Crippen LogP contribution in [0.15, 0.2) is 29.2 Å². The molecule has 4 rings (SSSR count). The van der Waals surface area contributed by atoms with Gasteiger partial charge in [0, 0.05) is 36.8 Å². The highest BCUT2D eigenvalue weighted by molar-refractivity contribution is 5.68. The van der Waals surface area contributed by atoms with E-state index >= 15 is 0 Å². The van der Waals surface area contributed by atoms with Gasteiger partial charge in [-0.15, -0.1) is 0 Å². The topological polar surface area (TPSA) is 114 Å². The molecule has 138 valence electrons. The minimum absolute atomic E-state index is 0.0399. The summed E-state index contributed by atoms with van der Waals surface area (Å²) in [7, 11) is 0. The molecule has 26 heavy (non-hydrogen) atoms. The second-order valence-corrected chi connectivity index (χ2v) is 6.86. The van der Waals surface area contributed by atoms with Crippen molar-refractivity contribution >= 4 is 5.82 Å². The van der Waals surface area contributed by atoms with Crippen molar-refractivity contribution < 1.29 is 9.94 Å². The summed E-state index contributed by atoms with van der Waals surface area (Å²) in [6, 6.07) is 5.47. The Morgan fingerprint density at radius 2 is 2.23 bits per heavy atom. The van der Waals surface area contributed by atoms with Crippen LogP contribution >= 0.6 is 0 Å². The number of nitrogens with two attached hydrogens (primary N) is 1. The lowest BCUT2D eigenvalue weighted by atomic mass is 9.97. The van der Waals surface area contributed by atoms with E-state index in [9.17, 15) is 9.90 Å². The van der Waals surface area contributed by atoms with Crippen LogP contribution in [-0.2, 0) is 4.84 Å². The van der Waals surface area contributed by atoms with E-state index in [2.05, 4.69) is 15.8 Å². The molecule has 8 heteroatoms. The van der Waals surface area contributed by atoms with Crippen LogP contribution in [0.4, 0.5) is 5.82 Å². The molecule has 0 bridgehead atoms. The van der Waals surface area contributed by atoms with Crippen LogP contribution < -0.4 is 22.1 Å². The molecule has 2 aliphatic rings. The lowest BCUT2D eigenvalue weighted by molar-refractivity contribution is 0.101. The Labute approximate surface area is 151 Å². The number of nitrogens with one attached hydrogen (secondary N) is 2. The van der Waals surface area contributed by atoms with E-state index in [1.54, 1.807) is 16.8 Å². The molecule has 5 N–H and O–H groups in total. The van der Waals surface area contributed by atoms with E-state index < -0.39 is 0 Å². The van der Waals surface area contributed by atoms with Gasteiger partial charge in [0.1, 0.15) is 5.75 Å². The van der Waals surface area contributed by atoms with Gasteiger partial charge in [-0.2, -0.15) is 0 Å². The summed E-state index contributed by atoms with van der Waals surface area (Å²) in [5.74, 6) is 0.267. The van der Waals surface area contributed by atoms with E-state index in [1.807, 2.05) is 12.1 Å². The van der Waals surface area contributed by atoms with E-state index in [4.69, 9.17) is 10.6 Å². The number of nitrogen functional groups attached to an aromatic ring is 1. The second kappa shape index (κ2) is 7.06. The Morgan fingerprint density at radius 1 is 1.35 bits per heavy atom. The first-order valence-corrected chi connectivity index (χ1v) is 8.91. The number of hydrogen-bond acceptors (Lipinski definition) is 7. The van der Waals surface area contributed by atoms with Crippen molar-refractivity contribution in [3.63, 3.8) is 0 Å². The molecule has 8 nitrogen and oxygen atoms in total. The Bertz CT molecular complexity index is 854. The average molecular weight is 357 g/mol. The molecule has 3 heterocycles. The average Bonchev–Trinajstić information content (AvgIpc) is 3.20. The molecule has 2 unspecified atom stereocenters. The van der Waals surface area contributed by atoms with Gasteiger partial charge in [0.2, 0.25) is 0 Å². The Hall–Kier alpha value is -2.42. The van der Waals surface area contributed by atoms with Crippen LogP contribution in [0.2, 0.25) is 0 Å². The smallest absolute Gasteiger partial charge is 0.293 e. The summed E-state index contributed by atoms with van der Waals surface area (Å²) in [5.41, 5.74) is 10.6. The van der Waals surface area contributed by atoms with Crippen LogP contribution in [0.5, 0.6) is 5.75 Å². The van der Waals surface area contributed by atoms with Gasteiger partial charge in [0.05, 0.1) is 12.3 Å². The van der Waals surface area contributed by atoms with Gasteiger partial charge in [-0.05, 0) is 37.1 Å². The van der Waals surface area contributed by atoms with E-state index in [0.717, 1.165) is 31.5 Å². The van der Waals surface area contributed by atoms with Crippen molar-refractivity contribution in [3.8, 4) is 17.0 Å². The van der Waals surface area contributed by atoms with Gasteiger partial charge < -0.3 is 25.6 Å². The molecular weight excluding hydrogens is 334 g/mol. The molecule has 2 aromatic rings. The SMILES string of the molecule is Nc1nc(-c2cc(C3CNOC3)ccc2O)cn(C2CCCNC2)c1=O. The fourth-order valence-electron chi connectivity index (χ4n) is 3.61. The highest BCUT2D eigenvalue weighted by Crippen LogP contribution is 2.32. The lowest BCUT2D eigenvalue weighted by Gasteiger charge is -2.25. The minimum Gasteiger partial charge on any atom is -0.507 e. The highest BCUT2D eigenvalue weighted by atomic mass is 16.7. The molecule has 1 aromatic heterocycles. The largest absolute Gasteiger partial charge is 0.507 e. The van der Waals surface area contributed by atoms with Crippen molar-refractivity contribution in [1.82, 2.24) is 20.3 Å². The molecule has 2 fully saturated rings. The van der Waals surface area contributed by atoms with Crippen molar-refractivity contribution in [2.45, 2.75) is 24.8 Å². The Kier molecular flexibility index (Phi) is 4.62. The number of aromatic nitrogens is 2. The molecule has 0 spiro atoms. The number of phenols is 1. The second-order valence-electron chi connectivity index (χ2n) is 6.86. The van der Waals surface area contributed by atoms with Crippen LogP contribution in [0.25, 0.3) is 11.3 Å². The zero-order chi connectivity index (χ0) is 18.1. The fraction of sp³-hybridized carbons (Fsp3) is 0.444. The quantitative estimate of drug-likeness (QED) is 0.640. The van der Waals surface area contributed by atoms with Crippen molar-refractivity contribution in [2.24, 2.45) is 0 Å². The van der Waals surface area contributed by atoms with Crippen LogP contribution in [0, 0.1) is 0 Å². The number of hydroxylamine groups is 1. The summed E-state index contributed by atoms with van der Waals surface area (Å²) in [4.78, 5) is 21.9. The molecule has 1 aromatic carbocycles. The first-order valence-electron chi connectivity index (χ1n) is 8.91. The van der Waals surface area contributed by atoms with Crippen LogP contribution in [-0.4, -0.2) is 40.9 Å². The first kappa shape index (κ1) is 17.0. The zero-order valence-electron chi connectivity index (χ0n) is 14.4. The van der Waals surface area contributed by atoms with Crippen molar-refractivity contribution in [3.05, 3.63) is 40.3 Å². The highest BCUT2D eigenvalue weighted by Gasteiger charge is 2.22. The summed E-state index contributed by atoms with van der Waals surface area (Å²) in [6.07, 6.45) is 3.62. The number of aromatic hydroxyl groups is 1. The molecule has 0 saturated carbocycles. The van der Waals surface area contributed by atoms with Gasteiger partial charge in [-0.1, -0.05) is 6.07 Å². The number of rotatable bonds is 3. The molecule has 0 amide bonds. The molecular formula is C18H23N5O3. The number of phenolic OH excluding ortho intramolecular Hbond substituents is 1. The lowest BCUT2D eigenvalue weighted by Crippen LogP contribution is -2.37.